The van der Waals surface area contributed by atoms with Crippen LogP contribution in [0.3, 0.4) is 0 Å². The molecule has 2 nitrogen and oxygen atoms in total. The highest BCUT2D eigenvalue weighted by Crippen LogP contribution is 2.86. The molecule has 0 radical (unpaired) electrons. The molecule has 6 unspecified atom stereocenters. The Labute approximate surface area is 442 Å². The van der Waals surface area contributed by atoms with Gasteiger partial charge in [-0.2, -0.15) is 0 Å². The zero-order valence-electron chi connectivity index (χ0n) is 41.6. The number of benzene rings is 10. The van der Waals surface area contributed by atoms with Crippen molar-refractivity contribution < 1.29 is 0 Å². The van der Waals surface area contributed by atoms with Gasteiger partial charge in [-0.3, -0.25) is 0 Å². The van der Waals surface area contributed by atoms with Gasteiger partial charge in [-0.1, -0.05) is 200 Å². The quantitative estimate of drug-likeness (QED) is 0.164. The molecule has 1 aromatic heterocycles. The molecule has 11 aromatic rings. The van der Waals surface area contributed by atoms with Gasteiger partial charge in [-0.05, 0) is 165 Å². The highest BCUT2D eigenvalue weighted by molar-refractivity contribution is 7.99. The summed E-state index contributed by atoms with van der Waals surface area (Å²) in [7, 11) is 0. The molecule has 2 spiro atoms. The molecule has 3 heteroatoms. The molecule has 2 bridgehead atoms. The fourth-order valence-corrected chi connectivity index (χ4v) is 19.4. The zero-order chi connectivity index (χ0) is 48.8. The topological polar surface area (TPSA) is 8.17 Å². The van der Waals surface area contributed by atoms with E-state index < -0.39 is 10.8 Å². The Bertz CT molecular complexity index is 4210. The molecule has 75 heavy (non-hydrogen) atoms. The minimum absolute atomic E-state index is 0.354. The number of rotatable bonds is 6. The second-order valence-corrected chi connectivity index (χ2v) is 24.2. The molecule has 2 aliphatic heterocycles. The summed E-state index contributed by atoms with van der Waals surface area (Å²) in [6.07, 6.45) is 7.18. The van der Waals surface area contributed by atoms with Crippen LogP contribution in [0.2, 0.25) is 0 Å². The fourth-order valence-electron chi connectivity index (χ4n) is 18.1. The maximum absolute atomic E-state index is 2.64. The number of hydrogen-bond donors (Lipinski definition) is 0. The molecule has 5 aliphatic carbocycles. The van der Waals surface area contributed by atoms with Crippen molar-refractivity contribution in [2.75, 3.05) is 4.90 Å². The summed E-state index contributed by atoms with van der Waals surface area (Å²) in [4.78, 5) is 5.23. The third-order valence-electron chi connectivity index (χ3n) is 20.6. The van der Waals surface area contributed by atoms with Crippen LogP contribution < -0.4 is 4.90 Å². The Kier molecular flexibility index (Phi) is 8.02. The van der Waals surface area contributed by atoms with Crippen molar-refractivity contribution in [2.24, 2.45) is 23.2 Å². The SMILES string of the molecule is c1ccc(C2(c3ccccc3)c3ccccc3-c3ccc(N(c4ccc(C56CC7CC8CC(C5)C86C7)cc4)c4cccc5c4Sc4ccccc4C54c5ccccc5-n5c6ccccc6c6cccc4c65)cc32)cc1. The van der Waals surface area contributed by atoms with E-state index in [4.69, 9.17) is 0 Å². The van der Waals surface area contributed by atoms with E-state index in [-0.39, 0.29) is 0 Å². The first-order valence-electron chi connectivity index (χ1n) is 27.4. The number of nitrogens with zero attached hydrogens (tertiary/aromatic N) is 2. The summed E-state index contributed by atoms with van der Waals surface area (Å²) in [6.45, 7) is 0. The lowest BCUT2D eigenvalue weighted by atomic mass is 9.31. The average Bonchev–Trinajstić information content (AvgIpc) is 4.26. The summed E-state index contributed by atoms with van der Waals surface area (Å²) < 4.78 is 2.56. The number of fused-ring (bicyclic) bond motifs is 15. The van der Waals surface area contributed by atoms with Crippen molar-refractivity contribution >= 4 is 50.6 Å². The maximum atomic E-state index is 2.64. The van der Waals surface area contributed by atoms with E-state index in [0.717, 1.165) is 23.4 Å². The molecule has 0 N–H and O–H groups in total. The third-order valence-corrected chi connectivity index (χ3v) is 21.8. The van der Waals surface area contributed by atoms with E-state index in [1.165, 1.54) is 136 Å². The van der Waals surface area contributed by atoms with Crippen LogP contribution in [-0.4, -0.2) is 4.57 Å². The lowest BCUT2D eigenvalue weighted by molar-refractivity contribution is -0.198. The average molecular weight is 977 g/mol. The molecule has 0 amide bonds. The van der Waals surface area contributed by atoms with Crippen LogP contribution in [0.4, 0.5) is 17.1 Å². The minimum atomic E-state index is -0.598. The highest BCUT2D eigenvalue weighted by atomic mass is 32.2. The van der Waals surface area contributed by atoms with Gasteiger partial charge in [0.2, 0.25) is 0 Å². The fraction of sp³-hybridized carbons (Fsp3) is 0.167. The minimum Gasteiger partial charge on any atom is -0.309 e. The predicted molar refractivity (Wildman–Crippen MR) is 306 cm³/mol. The Morgan fingerprint density at radius 2 is 1.08 bits per heavy atom. The highest BCUT2D eigenvalue weighted by Gasteiger charge is 2.80. The molecule has 6 atom stereocenters. The lowest BCUT2D eigenvalue weighted by Crippen LogP contribution is -2.68. The summed E-state index contributed by atoms with van der Waals surface area (Å²) in [5.74, 6) is 2.79. The van der Waals surface area contributed by atoms with Crippen LogP contribution >= 0.6 is 11.8 Å². The van der Waals surface area contributed by atoms with Gasteiger partial charge < -0.3 is 9.47 Å². The maximum Gasteiger partial charge on any atom is 0.0765 e. The first kappa shape index (κ1) is 41.5. The van der Waals surface area contributed by atoms with E-state index in [1.807, 2.05) is 11.8 Å². The summed E-state index contributed by atoms with van der Waals surface area (Å²) >= 11 is 1.95. The Morgan fingerprint density at radius 1 is 0.427 bits per heavy atom. The van der Waals surface area contributed by atoms with Crippen molar-refractivity contribution in [3.05, 3.63) is 287 Å². The van der Waals surface area contributed by atoms with Crippen LogP contribution in [0.1, 0.15) is 82.2 Å². The molecule has 356 valence electrons. The van der Waals surface area contributed by atoms with Gasteiger partial charge in [-0.15, -0.1) is 0 Å². The Morgan fingerprint density at radius 3 is 1.89 bits per heavy atom. The molecular weight excluding hydrogens is 925 g/mol. The van der Waals surface area contributed by atoms with Crippen molar-refractivity contribution in [1.29, 1.82) is 0 Å². The Balaban J connectivity index is 0.912. The van der Waals surface area contributed by atoms with Gasteiger partial charge in [-0.25, -0.2) is 0 Å². The van der Waals surface area contributed by atoms with Crippen LogP contribution in [0.25, 0.3) is 38.6 Å². The Hall–Kier alpha value is -7.85. The molecule has 3 heterocycles. The predicted octanol–water partition coefficient (Wildman–Crippen LogP) is 17.9. The van der Waals surface area contributed by atoms with Gasteiger partial charge in [0.15, 0.2) is 0 Å². The standard InChI is InChI=1S/C72H52N2S/c1-3-17-47(18-4-1)71(48-19-5-2-6-20-48)57-24-9-7-21-53(57)54-38-37-52(41-62(54)71)73(51-35-33-46(34-36-51)69-42-45-39-49-40-50(44-69)70(49,69)43-45)65-31-16-28-61-68(65)75-66-32-14-11-26-59(66)72(61)58-25-10-13-30-64(58)74-63-29-12-8-22-55(63)56-23-15-27-60(72)67(56)74/h1-38,41,45,49-50H,39-40,42-44H2. The third kappa shape index (κ3) is 4.84. The largest absolute Gasteiger partial charge is 0.309 e. The van der Waals surface area contributed by atoms with E-state index >= 15 is 0 Å². The summed E-state index contributed by atoms with van der Waals surface area (Å²) in [6, 6.07) is 91.2. The van der Waals surface area contributed by atoms with Gasteiger partial charge in [0.05, 0.1) is 33.2 Å². The molecule has 7 aliphatic rings. The molecular formula is C72H52N2S. The van der Waals surface area contributed by atoms with E-state index in [1.54, 1.807) is 5.56 Å². The summed E-state index contributed by atoms with van der Waals surface area (Å²) in [5, 5.41) is 2.59. The zero-order valence-corrected chi connectivity index (χ0v) is 42.4. The second kappa shape index (κ2) is 14.5. The van der Waals surface area contributed by atoms with Gasteiger partial charge >= 0.3 is 0 Å². The number of anilines is 3. The van der Waals surface area contributed by atoms with Crippen molar-refractivity contribution in [3.63, 3.8) is 0 Å². The second-order valence-electron chi connectivity index (χ2n) is 23.2. The summed E-state index contributed by atoms with van der Waals surface area (Å²) in [5.41, 5.74) is 21.9. The van der Waals surface area contributed by atoms with E-state index in [0.29, 0.717) is 10.8 Å². The molecule has 10 aromatic carbocycles. The smallest absolute Gasteiger partial charge is 0.0765 e. The van der Waals surface area contributed by atoms with Crippen LogP contribution in [0.5, 0.6) is 0 Å². The van der Waals surface area contributed by atoms with Crippen molar-refractivity contribution in [3.8, 4) is 16.8 Å². The molecule has 4 saturated carbocycles. The number of aromatic nitrogens is 1. The van der Waals surface area contributed by atoms with E-state index in [9.17, 15) is 0 Å². The molecule has 18 rings (SSSR count). The van der Waals surface area contributed by atoms with Gasteiger partial charge in [0.25, 0.3) is 0 Å². The normalized spacial score (nSPS) is 24.9. The first-order chi connectivity index (χ1) is 37.1. The van der Waals surface area contributed by atoms with E-state index in [2.05, 4.69) is 246 Å². The van der Waals surface area contributed by atoms with Crippen molar-refractivity contribution in [1.82, 2.24) is 4.57 Å². The van der Waals surface area contributed by atoms with Crippen LogP contribution in [0.15, 0.2) is 246 Å². The lowest BCUT2D eigenvalue weighted by Gasteiger charge is -2.73. The number of hydrogen-bond acceptors (Lipinski definition) is 2. The van der Waals surface area contributed by atoms with Gasteiger partial charge in [0, 0.05) is 37.4 Å². The van der Waals surface area contributed by atoms with Crippen LogP contribution in [-0.2, 0) is 16.2 Å². The molecule has 4 fully saturated rings. The van der Waals surface area contributed by atoms with Crippen molar-refractivity contribution in [2.45, 2.75) is 58.1 Å². The number of para-hydroxylation sites is 3. The molecule has 0 saturated heterocycles. The van der Waals surface area contributed by atoms with Crippen LogP contribution in [0, 0.1) is 23.2 Å². The first-order valence-corrected chi connectivity index (χ1v) is 28.2. The monoisotopic (exact) mass is 976 g/mol. The van der Waals surface area contributed by atoms with Gasteiger partial charge in [0.1, 0.15) is 0 Å².